The predicted molar refractivity (Wildman–Crippen MR) is 90.3 cm³/mol. The number of thiophene rings is 2. The topological polar surface area (TPSA) is 0 Å². The second-order valence-corrected chi connectivity index (χ2v) is 7.29. The molecule has 0 saturated carbocycles. The Labute approximate surface area is 127 Å². The molecule has 0 bridgehead atoms. The monoisotopic (exact) mass is 344 g/mol. The Balaban J connectivity index is 2.04. The molecule has 2 aromatic carbocycles. The van der Waals surface area contributed by atoms with Crippen molar-refractivity contribution in [1.82, 2.24) is 0 Å². The first-order valence-electron chi connectivity index (χ1n) is 5.97. The summed E-state index contributed by atoms with van der Waals surface area (Å²) in [6.45, 7) is 0. The number of rotatable bonds is 1. The Hall–Kier alpha value is -1.16. The predicted octanol–water partition coefficient (Wildman–Crippen LogP) is 6.55. The van der Waals surface area contributed by atoms with Gasteiger partial charge in [-0.3, -0.25) is 0 Å². The van der Waals surface area contributed by atoms with Crippen LogP contribution < -0.4 is 0 Å². The largest absolute Gasteiger partial charge is 0.144 e. The number of fused-ring (bicyclic) bond motifs is 2. The maximum absolute atomic E-state index is 3.63. The second-order valence-electron chi connectivity index (χ2n) is 4.40. The zero-order chi connectivity index (χ0) is 12.8. The molecule has 19 heavy (non-hydrogen) atoms. The summed E-state index contributed by atoms with van der Waals surface area (Å²) in [6, 6.07) is 17.4. The highest BCUT2D eigenvalue weighted by molar-refractivity contribution is 9.10. The summed E-state index contributed by atoms with van der Waals surface area (Å²) in [4.78, 5) is 1.34. The molecular formula is C16H9BrS2. The van der Waals surface area contributed by atoms with E-state index in [4.69, 9.17) is 0 Å². The van der Waals surface area contributed by atoms with Crippen LogP contribution in [0, 0.1) is 0 Å². The van der Waals surface area contributed by atoms with Crippen LogP contribution >= 0.6 is 38.6 Å². The van der Waals surface area contributed by atoms with E-state index in [1.807, 2.05) is 11.3 Å². The zero-order valence-electron chi connectivity index (χ0n) is 9.89. The molecule has 0 unspecified atom stereocenters. The first-order chi connectivity index (χ1) is 9.33. The van der Waals surface area contributed by atoms with Crippen LogP contribution in [0.5, 0.6) is 0 Å². The van der Waals surface area contributed by atoms with E-state index in [1.54, 1.807) is 11.3 Å². The summed E-state index contributed by atoms with van der Waals surface area (Å²) in [5.74, 6) is 0. The van der Waals surface area contributed by atoms with Crippen LogP contribution in [0.25, 0.3) is 30.6 Å². The Kier molecular flexibility index (Phi) is 2.72. The first-order valence-corrected chi connectivity index (χ1v) is 8.46. The molecule has 0 aliphatic heterocycles. The lowest BCUT2D eigenvalue weighted by Crippen LogP contribution is -1.72. The molecule has 4 rings (SSSR count). The van der Waals surface area contributed by atoms with Gasteiger partial charge >= 0.3 is 0 Å². The van der Waals surface area contributed by atoms with E-state index in [2.05, 4.69) is 69.8 Å². The van der Waals surface area contributed by atoms with E-state index >= 15 is 0 Å². The van der Waals surface area contributed by atoms with Gasteiger partial charge in [0.2, 0.25) is 0 Å². The van der Waals surface area contributed by atoms with Crippen molar-refractivity contribution < 1.29 is 0 Å². The Morgan fingerprint density at radius 3 is 2.58 bits per heavy atom. The minimum Gasteiger partial charge on any atom is -0.144 e. The van der Waals surface area contributed by atoms with Crippen molar-refractivity contribution in [3.05, 3.63) is 58.4 Å². The lowest BCUT2D eigenvalue weighted by atomic mass is 10.1. The molecule has 2 heterocycles. The van der Waals surface area contributed by atoms with Crippen molar-refractivity contribution in [1.29, 1.82) is 0 Å². The van der Waals surface area contributed by atoms with Crippen molar-refractivity contribution in [3.63, 3.8) is 0 Å². The summed E-state index contributed by atoms with van der Waals surface area (Å²) in [5, 5.41) is 4.82. The lowest BCUT2D eigenvalue weighted by molar-refractivity contribution is 1.78. The molecule has 0 fully saturated rings. The number of benzene rings is 2. The average molecular weight is 345 g/mol. The van der Waals surface area contributed by atoms with Crippen LogP contribution in [0.3, 0.4) is 0 Å². The van der Waals surface area contributed by atoms with Gasteiger partial charge in [-0.25, -0.2) is 0 Å². The number of halogens is 1. The fourth-order valence-electron chi connectivity index (χ4n) is 2.37. The first kappa shape index (κ1) is 11.6. The fraction of sp³-hybridized carbons (Fsp3) is 0. The molecule has 0 nitrogen and oxygen atoms in total. The SMILES string of the molecule is Brc1cccc2sc(-c3cccc4sccc34)cc12. The van der Waals surface area contributed by atoms with Crippen LogP contribution in [0.15, 0.2) is 58.4 Å². The van der Waals surface area contributed by atoms with Gasteiger partial charge in [0.05, 0.1) is 0 Å². The van der Waals surface area contributed by atoms with Gasteiger partial charge in [0.15, 0.2) is 0 Å². The molecule has 0 atom stereocenters. The normalized spacial score (nSPS) is 11.4. The van der Waals surface area contributed by atoms with Gasteiger partial charge in [-0.1, -0.05) is 34.1 Å². The van der Waals surface area contributed by atoms with Gasteiger partial charge in [-0.2, -0.15) is 0 Å². The van der Waals surface area contributed by atoms with E-state index in [0.29, 0.717) is 0 Å². The minimum absolute atomic E-state index is 1.17. The second kappa shape index (κ2) is 4.44. The highest BCUT2D eigenvalue weighted by atomic mass is 79.9. The van der Waals surface area contributed by atoms with Gasteiger partial charge in [0.25, 0.3) is 0 Å². The molecule has 3 heteroatoms. The molecule has 4 aromatic rings. The molecule has 0 aliphatic carbocycles. The lowest BCUT2D eigenvalue weighted by Gasteiger charge is -1.99. The van der Waals surface area contributed by atoms with Crippen LogP contribution in [0.1, 0.15) is 0 Å². The van der Waals surface area contributed by atoms with Gasteiger partial charge in [-0.15, -0.1) is 22.7 Å². The Bertz CT molecular complexity index is 886. The van der Waals surface area contributed by atoms with Crippen molar-refractivity contribution in [2.45, 2.75) is 0 Å². The van der Waals surface area contributed by atoms with Gasteiger partial charge in [-0.05, 0) is 35.7 Å². The summed E-state index contributed by atoms with van der Waals surface area (Å²) < 4.78 is 3.86. The van der Waals surface area contributed by atoms with Gasteiger partial charge < -0.3 is 0 Å². The van der Waals surface area contributed by atoms with Crippen LogP contribution in [-0.2, 0) is 0 Å². The molecule has 0 aliphatic rings. The fourth-order valence-corrected chi connectivity index (χ4v) is 4.92. The Morgan fingerprint density at radius 1 is 0.842 bits per heavy atom. The third kappa shape index (κ3) is 1.84. The zero-order valence-corrected chi connectivity index (χ0v) is 13.1. The molecule has 0 spiro atoms. The summed E-state index contributed by atoms with van der Waals surface area (Å²) in [5.41, 5.74) is 1.34. The highest BCUT2D eigenvalue weighted by Gasteiger charge is 2.09. The maximum Gasteiger partial charge on any atom is 0.0362 e. The number of hydrogen-bond acceptors (Lipinski definition) is 2. The van der Waals surface area contributed by atoms with Gasteiger partial charge in [0, 0.05) is 35.1 Å². The van der Waals surface area contributed by atoms with Crippen LogP contribution in [-0.4, -0.2) is 0 Å². The van der Waals surface area contributed by atoms with E-state index in [9.17, 15) is 0 Å². The van der Waals surface area contributed by atoms with Crippen LogP contribution in [0.4, 0.5) is 0 Å². The smallest absolute Gasteiger partial charge is 0.0362 e. The van der Waals surface area contributed by atoms with E-state index < -0.39 is 0 Å². The molecule has 92 valence electrons. The maximum atomic E-state index is 3.63. The quantitative estimate of drug-likeness (QED) is 0.367. The van der Waals surface area contributed by atoms with Crippen molar-refractivity contribution in [3.8, 4) is 10.4 Å². The van der Waals surface area contributed by atoms with Crippen LogP contribution in [0.2, 0.25) is 0 Å². The standard InChI is InChI=1S/C16H9BrS2/c17-13-4-2-6-15-12(13)9-16(19-15)10-3-1-5-14-11(10)7-8-18-14/h1-9H. The molecular weight excluding hydrogens is 336 g/mol. The minimum atomic E-state index is 1.17. The third-order valence-electron chi connectivity index (χ3n) is 3.27. The third-order valence-corrected chi connectivity index (χ3v) is 5.98. The van der Waals surface area contributed by atoms with E-state index in [1.165, 1.54) is 35.1 Å². The summed E-state index contributed by atoms with van der Waals surface area (Å²) in [6.07, 6.45) is 0. The number of hydrogen-bond donors (Lipinski definition) is 0. The van der Waals surface area contributed by atoms with Crippen molar-refractivity contribution in [2.75, 3.05) is 0 Å². The summed E-state index contributed by atoms with van der Waals surface area (Å²) in [7, 11) is 0. The van der Waals surface area contributed by atoms with Gasteiger partial charge in [0.1, 0.15) is 0 Å². The van der Waals surface area contributed by atoms with E-state index in [-0.39, 0.29) is 0 Å². The molecule has 0 N–H and O–H groups in total. The molecule has 0 radical (unpaired) electrons. The molecule has 2 aromatic heterocycles. The Morgan fingerprint density at radius 2 is 1.68 bits per heavy atom. The molecule has 0 saturated heterocycles. The summed E-state index contributed by atoms with van der Waals surface area (Å²) >= 11 is 7.29. The van der Waals surface area contributed by atoms with Crippen molar-refractivity contribution >= 4 is 58.8 Å². The average Bonchev–Trinajstić information content (AvgIpc) is 3.05. The van der Waals surface area contributed by atoms with Crippen molar-refractivity contribution in [2.24, 2.45) is 0 Å². The molecule has 0 amide bonds. The highest BCUT2D eigenvalue weighted by Crippen LogP contribution is 2.40. The van der Waals surface area contributed by atoms with E-state index in [0.717, 1.165) is 0 Å².